The van der Waals surface area contributed by atoms with Crippen LogP contribution in [-0.4, -0.2) is 6.18 Å². The first-order valence-corrected chi connectivity index (χ1v) is 6.51. The minimum absolute atomic E-state index is 0.0748. The van der Waals surface area contributed by atoms with Gasteiger partial charge in [-0.2, -0.15) is 13.2 Å². The molecular weight excluding hydrogens is 261 g/mol. The Kier molecular flexibility index (Phi) is 5.51. The zero-order chi connectivity index (χ0) is 13.8. The highest BCUT2D eigenvalue weighted by Crippen LogP contribution is 2.31. The van der Waals surface area contributed by atoms with E-state index in [1.165, 1.54) is 5.56 Å². The lowest BCUT2D eigenvalue weighted by Crippen LogP contribution is -2.08. The molecule has 0 fully saturated rings. The first kappa shape index (κ1) is 15.4. The quantitative estimate of drug-likeness (QED) is 0.623. The van der Waals surface area contributed by atoms with Crippen LogP contribution in [0.25, 0.3) is 0 Å². The van der Waals surface area contributed by atoms with Crippen molar-refractivity contribution in [1.82, 2.24) is 0 Å². The summed E-state index contributed by atoms with van der Waals surface area (Å²) in [4.78, 5) is 0. The van der Waals surface area contributed by atoms with Gasteiger partial charge >= 0.3 is 6.18 Å². The van der Waals surface area contributed by atoms with Gasteiger partial charge in [-0.15, -0.1) is 11.6 Å². The Morgan fingerprint density at radius 1 is 1.11 bits per heavy atom. The third-order valence-electron chi connectivity index (χ3n) is 2.67. The molecule has 0 heterocycles. The molecule has 102 valence electrons. The Balaban J connectivity index is 2.56. The summed E-state index contributed by atoms with van der Waals surface area (Å²) in [5.74, 6) is 0.563. The fraction of sp³-hybridized carbons (Fsp3) is 0.571. The molecule has 1 aromatic rings. The minimum Gasteiger partial charge on any atom is -0.171 e. The molecule has 0 saturated carbocycles. The summed E-state index contributed by atoms with van der Waals surface area (Å²) in [5, 5.41) is -0.570. The molecule has 1 aromatic carbocycles. The molecule has 0 nitrogen and oxygen atoms in total. The monoisotopic (exact) mass is 278 g/mol. The van der Waals surface area contributed by atoms with Crippen molar-refractivity contribution in [3.8, 4) is 0 Å². The Morgan fingerprint density at radius 3 is 2.11 bits per heavy atom. The van der Waals surface area contributed by atoms with E-state index in [1.807, 2.05) is 24.3 Å². The molecule has 1 unspecified atom stereocenters. The van der Waals surface area contributed by atoms with Gasteiger partial charge in [0.2, 0.25) is 0 Å². The van der Waals surface area contributed by atoms with E-state index in [2.05, 4.69) is 13.8 Å². The molecule has 0 aliphatic heterocycles. The third kappa shape index (κ3) is 5.76. The standard InChI is InChI=1S/C14H18ClF3/c1-10(2)9-11-3-5-12(6-4-11)13(15)7-8-14(16,17)18/h3-6,10,13H,7-9H2,1-2H3. The second kappa shape index (κ2) is 6.46. The van der Waals surface area contributed by atoms with Crippen molar-refractivity contribution in [2.45, 2.75) is 44.7 Å². The SMILES string of the molecule is CC(C)Cc1ccc(C(Cl)CCC(F)(F)F)cc1. The summed E-state index contributed by atoms with van der Waals surface area (Å²) in [7, 11) is 0. The fourth-order valence-corrected chi connectivity index (χ4v) is 2.05. The van der Waals surface area contributed by atoms with Gasteiger partial charge in [0.1, 0.15) is 0 Å². The van der Waals surface area contributed by atoms with E-state index in [0.29, 0.717) is 5.92 Å². The van der Waals surface area contributed by atoms with Gasteiger partial charge in [-0.3, -0.25) is 0 Å². The number of benzene rings is 1. The maximum absolute atomic E-state index is 12.1. The predicted molar refractivity (Wildman–Crippen MR) is 68.9 cm³/mol. The van der Waals surface area contributed by atoms with Crippen LogP contribution in [0.1, 0.15) is 43.2 Å². The third-order valence-corrected chi connectivity index (χ3v) is 3.14. The van der Waals surface area contributed by atoms with Crippen molar-refractivity contribution >= 4 is 11.6 Å². The van der Waals surface area contributed by atoms with Crippen LogP contribution >= 0.6 is 11.6 Å². The van der Waals surface area contributed by atoms with Crippen molar-refractivity contribution in [3.05, 3.63) is 35.4 Å². The van der Waals surface area contributed by atoms with Crippen LogP contribution in [0, 0.1) is 5.92 Å². The van der Waals surface area contributed by atoms with Gasteiger partial charge in [0.25, 0.3) is 0 Å². The first-order chi connectivity index (χ1) is 8.28. The molecule has 0 N–H and O–H groups in total. The normalized spacial score (nSPS) is 13.9. The fourth-order valence-electron chi connectivity index (χ4n) is 1.79. The summed E-state index contributed by atoms with van der Waals surface area (Å²) in [6.07, 6.45) is -4.08. The van der Waals surface area contributed by atoms with Crippen LogP contribution in [0.15, 0.2) is 24.3 Å². The number of halogens is 4. The van der Waals surface area contributed by atoms with Gasteiger partial charge in [0, 0.05) is 6.42 Å². The van der Waals surface area contributed by atoms with E-state index in [4.69, 9.17) is 11.6 Å². The van der Waals surface area contributed by atoms with Crippen LogP contribution in [-0.2, 0) is 6.42 Å². The Morgan fingerprint density at radius 2 is 1.67 bits per heavy atom. The van der Waals surface area contributed by atoms with Gasteiger partial charge in [0.15, 0.2) is 0 Å². The van der Waals surface area contributed by atoms with E-state index < -0.39 is 18.0 Å². The minimum atomic E-state index is -4.13. The molecule has 0 amide bonds. The van der Waals surface area contributed by atoms with Crippen molar-refractivity contribution in [2.75, 3.05) is 0 Å². The van der Waals surface area contributed by atoms with Gasteiger partial charge in [-0.1, -0.05) is 38.1 Å². The summed E-state index contributed by atoms with van der Waals surface area (Å²) in [6.45, 7) is 4.25. The first-order valence-electron chi connectivity index (χ1n) is 6.07. The Bertz CT molecular complexity index is 354. The van der Waals surface area contributed by atoms with Gasteiger partial charge in [-0.25, -0.2) is 0 Å². The molecular formula is C14H18ClF3. The average molecular weight is 279 g/mol. The molecule has 0 aliphatic rings. The molecule has 0 radical (unpaired) electrons. The van der Waals surface area contributed by atoms with Crippen molar-refractivity contribution < 1.29 is 13.2 Å². The molecule has 0 aliphatic carbocycles. The zero-order valence-corrected chi connectivity index (χ0v) is 11.4. The lowest BCUT2D eigenvalue weighted by atomic mass is 10.00. The lowest BCUT2D eigenvalue weighted by molar-refractivity contribution is -0.135. The topological polar surface area (TPSA) is 0 Å². The number of rotatable bonds is 5. The van der Waals surface area contributed by atoms with Crippen LogP contribution in [0.4, 0.5) is 13.2 Å². The van der Waals surface area contributed by atoms with E-state index >= 15 is 0 Å². The second-order valence-electron chi connectivity index (χ2n) is 4.96. The molecule has 0 bridgehead atoms. The molecule has 18 heavy (non-hydrogen) atoms. The second-order valence-corrected chi connectivity index (χ2v) is 5.49. The van der Waals surface area contributed by atoms with Crippen LogP contribution < -0.4 is 0 Å². The smallest absolute Gasteiger partial charge is 0.171 e. The van der Waals surface area contributed by atoms with Crippen molar-refractivity contribution in [1.29, 1.82) is 0 Å². The number of hydrogen-bond acceptors (Lipinski definition) is 0. The average Bonchev–Trinajstić information content (AvgIpc) is 2.25. The molecule has 4 heteroatoms. The Hall–Kier alpha value is -0.700. The zero-order valence-electron chi connectivity index (χ0n) is 10.6. The lowest BCUT2D eigenvalue weighted by Gasteiger charge is -2.12. The summed E-state index contributed by atoms with van der Waals surface area (Å²) >= 11 is 5.97. The highest BCUT2D eigenvalue weighted by molar-refractivity contribution is 6.20. The summed E-state index contributed by atoms with van der Waals surface area (Å²) < 4.78 is 36.2. The summed E-state index contributed by atoms with van der Waals surface area (Å²) in [6, 6.07) is 7.54. The molecule has 0 aromatic heterocycles. The predicted octanol–water partition coefficient (Wildman–Crippen LogP) is 5.51. The van der Waals surface area contributed by atoms with Crippen molar-refractivity contribution in [2.24, 2.45) is 5.92 Å². The van der Waals surface area contributed by atoms with Crippen molar-refractivity contribution in [3.63, 3.8) is 0 Å². The maximum Gasteiger partial charge on any atom is 0.389 e. The van der Waals surface area contributed by atoms with Crippen LogP contribution in [0.3, 0.4) is 0 Å². The van der Waals surface area contributed by atoms with E-state index in [0.717, 1.165) is 12.0 Å². The Labute approximate surface area is 111 Å². The van der Waals surface area contributed by atoms with Crippen LogP contribution in [0.2, 0.25) is 0 Å². The highest BCUT2D eigenvalue weighted by atomic mass is 35.5. The largest absolute Gasteiger partial charge is 0.389 e. The van der Waals surface area contributed by atoms with Gasteiger partial charge in [-0.05, 0) is 29.9 Å². The van der Waals surface area contributed by atoms with Gasteiger partial charge < -0.3 is 0 Å². The highest BCUT2D eigenvalue weighted by Gasteiger charge is 2.28. The molecule has 0 saturated heterocycles. The van der Waals surface area contributed by atoms with E-state index in [-0.39, 0.29) is 6.42 Å². The van der Waals surface area contributed by atoms with E-state index in [9.17, 15) is 13.2 Å². The van der Waals surface area contributed by atoms with Gasteiger partial charge in [0.05, 0.1) is 5.38 Å². The maximum atomic E-state index is 12.1. The molecule has 1 rings (SSSR count). The van der Waals surface area contributed by atoms with E-state index in [1.54, 1.807) is 0 Å². The number of hydrogen-bond donors (Lipinski definition) is 0. The van der Waals surface area contributed by atoms with Crippen LogP contribution in [0.5, 0.6) is 0 Å². The number of alkyl halides is 4. The summed E-state index contributed by atoms with van der Waals surface area (Å²) in [5.41, 5.74) is 1.95. The molecule has 1 atom stereocenters. The molecule has 0 spiro atoms.